The lowest BCUT2D eigenvalue weighted by molar-refractivity contribution is -0.171. The zero-order valence-corrected chi connectivity index (χ0v) is 18.2. The number of benzene rings is 3. The van der Waals surface area contributed by atoms with Crippen LogP contribution >= 0.6 is 15.9 Å². The van der Waals surface area contributed by atoms with Crippen LogP contribution in [0.3, 0.4) is 0 Å². The van der Waals surface area contributed by atoms with E-state index in [2.05, 4.69) is 20.7 Å². The molecule has 0 aliphatic heterocycles. The van der Waals surface area contributed by atoms with E-state index < -0.39 is 36.1 Å². The van der Waals surface area contributed by atoms with Crippen LogP contribution in [0.25, 0.3) is 10.8 Å². The normalized spacial score (nSPS) is 11.3. The van der Waals surface area contributed by atoms with Gasteiger partial charge < -0.3 is 9.47 Å². The lowest BCUT2D eigenvalue weighted by atomic mass is 10.1. The largest absolute Gasteiger partial charge is 0.487 e. The van der Waals surface area contributed by atoms with Gasteiger partial charge in [-0.2, -0.15) is 13.2 Å². The van der Waals surface area contributed by atoms with Crippen LogP contribution in [0.5, 0.6) is 5.75 Å². The van der Waals surface area contributed by atoms with E-state index in [4.69, 9.17) is 4.74 Å². The van der Waals surface area contributed by atoms with E-state index in [1.165, 1.54) is 18.2 Å². The summed E-state index contributed by atoms with van der Waals surface area (Å²) in [5.41, 5.74) is -0.143. The van der Waals surface area contributed by atoms with Crippen LogP contribution in [-0.2, 0) is 20.9 Å². The number of ether oxygens (including phenoxy) is 2. The van der Waals surface area contributed by atoms with Crippen molar-refractivity contribution in [3.05, 3.63) is 70.5 Å². The Morgan fingerprint density at radius 2 is 1.75 bits per heavy atom. The third-order valence-corrected chi connectivity index (χ3v) is 4.98. The molecule has 5 nitrogen and oxygen atoms in total. The molecule has 3 aromatic carbocycles. The first-order chi connectivity index (χ1) is 15.1. The molecule has 0 fully saturated rings. The molecule has 0 bridgehead atoms. The van der Waals surface area contributed by atoms with Gasteiger partial charge in [0.15, 0.2) is 5.82 Å². The van der Waals surface area contributed by atoms with E-state index in [1.807, 2.05) is 0 Å². The van der Waals surface area contributed by atoms with Gasteiger partial charge in [0, 0.05) is 9.86 Å². The van der Waals surface area contributed by atoms with Crippen molar-refractivity contribution in [2.24, 2.45) is 0 Å². The highest BCUT2D eigenvalue weighted by Gasteiger charge is 2.45. The monoisotopic (exact) mass is 513 g/mol. The minimum atomic E-state index is -5.37. The summed E-state index contributed by atoms with van der Waals surface area (Å²) in [6, 6.07) is 14.5. The number of rotatable bonds is 6. The Kier molecular flexibility index (Phi) is 7.02. The molecule has 1 amide bonds. The average molecular weight is 514 g/mol. The van der Waals surface area contributed by atoms with Gasteiger partial charge in [-0.25, -0.2) is 4.39 Å². The molecule has 0 atom stereocenters. The van der Waals surface area contributed by atoms with Crippen LogP contribution in [0.2, 0.25) is 0 Å². The number of amides is 1. The zero-order chi connectivity index (χ0) is 23.5. The molecule has 0 saturated carbocycles. The van der Waals surface area contributed by atoms with Crippen molar-refractivity contribution >= 4 is 44.3 Å². The predicted octanol–water partition coefficient (Wildman–Crippen LogP) is 5.39. The Hall–Kier alpha value is -3.14. The number of nitrogens with zero attached hydrogens (tertiary/aromatic N) is 1. The highest BCUT2D eigenvalue weighted by molar-refractivity contribution is 9.10. The summed E-state index contributed by atoms with van der Waals surface area (Å²) in [6.45, 7) is -1.27. The van der Waals surface area contributed by atoms with Gasteiger partial charge in [0.25, 0.3) is 0 Å². The molecule has 0 saturated heterocycles. The van der Waals surface area contributed by atoms with Crippen LogP contribution in [0.15, 0.2) is 59.1 Å². The molecule has 0 aliphatic carbocycles. The molecule has 10 heteroatoms. The van der Waals surface area contributed by atoms with Crippen molar-refractivity contribution in [2.75, 3.05) is 18.6 Å². The number of hydrogen-bond donors (Lipinski definition) is 0. The first-order valence-corrected chi connectivity index (χ1v) is 9.95. The maximum absolute atomic E-state index is 15.6. The van der Waals surface area contributed by atoms with Crippen molar-refractivity contribution in [1.29, 1.82) is 0 Å². The maximum atomic E-state index is 15.6. The summed E-state index contributed by atoms with van der Waals surface area (Å²) < 4.78 is 66.0. The summed E-state index contributed by atoms with van der Waals surface area (Å²) in [5, 5.41) is 0.265. The van der Waals surface area contributed by atoms with Crippen LogP contribution in [0.1, 0.15) is 5.56 Å². The molecule has 0 aliphatic rings. The van der Waals surface area contributed by atoms with Gasteiger partial charge in [-0.15, -0.1) is 0 Å². The van der Waals surface area contributed by atoms with E-state index in [-0.39, 0.29) is 22.6 Å². The fourth-order valence-corrected chi connectivity index (χ4v) is 3.35. The fourth-order valence-electron chi connectivity index (χ4n) is 2.99. The second-order valence-corrected chi connectivity index (χ2v) is 7.56. The first-order valence-electron chi connectivity index (χ1n) is 9.15. The van der Waals surface area contributed by atoms with Gasteiger partial charge in [0.1, 0.15) is 24.6 Å². The molecular formula is C22H16BrF4NO4. The molecule has 0 N–H and O–H groups in total. The minimum Gasteiger partial charge on any atom is -0.487 e. The number of carbonyl (C=O) groups excluding carboxylic acids is 2. The van der Waals surface area contributed by atoms with Gasteiger partial charge in [-0.05, 0) is 29.1 Å². The van der Waals surface area contributed by atoms with Crippen molar-refractivity contribution in [2.45, 2.75) is 12.8 Å². The second kappa shape index (κ2) is 9.56. The summed E-state index contributed by atoms with van der Waals surface area (Å²) in [7, 11) is 0.944. The summed E-state index contributed by atoms with van der Waals surface area (Å²) in [6.07, 6.45) is -5.37. The van der Waals surface area contributed by atoms with Crippen molar-refractivity contribution in [1.82, 2.24) is 0 Å². The molecule has 0 aromatic heterocycles. The number of halogens is 5. The fraction of sp³-hybridized carbons (Fsp3) is 0.182. The Morgan fingerprint density at radius 1 is 1.06 bits per heavy atom. The van der Waals surface area contributed by atoms with Crippen molar-refractivity contribution < 1.29 is 36.6 Å². The standard InChI is InChI=1S/C22H16BrF4NO4/c1-31-18(29)11-28(21(30)22(25,26)27)20-17(32-12-13-5-3-2-4-6-13)9-14-7-8-15(23)10-16(14)19(20)24/h2-10H,11-12H2,1H3. The number of carbonyl (C=O) groups is 2. The Bertz CT molecular complexity index is 1150. The number of fused-ring (bicyclic) bond motifs is 1. The Labute approximate surface area is 188 Å². The van der Waals surface area contributed by atoms with Crippen LogP contribution in [-0.4, -0.2) is 31.7 Å². The maximum Gasteiger partial charge on any atom is 0.471 e. The number of anilines is 1. The van der Waals surface area contributed by atoms with Crippen molar-refractivity contribution in [3.8, 4) is 5.75 Å². The molecule has 0 heterocycles. The molecule has 0 radical (unpaired) electrons. The number of esters is 1. The van der Waals surface area contributed by atoms with Crippen LogP contribution in [0.4, 0.5) is 23.2 Å². The van der Waals surface area contributed by atoms with Gasteiger partial charge in [0.05, 0.1) is 7.11 Å². The van der Waals surface area contributed by atoms with Crippen LogP contribution < -0.4 is 9.64 Å². The van der Waals surface area contributed by atoms with E-state index in [0.29, 0.717) is 15.4 Å². The van der Waals surface area contributed by atoms with Gasteiger partial charge >= 0.3 is 18.1 Å². The zero-order valence-electron chi connectivity index (χ0n) is 16.6. The smallest absolute Gasteiger partial charge is 0.471 e. The SMILES string of the molecule is COC(=O)CN(C(=O)C(F)(F)F)c1c(OCc2ccccc2)cc2ccc(Br)cc2c1F. The van der Waals surface area contributed by atoms with Crippen LogP contribution in [0, 0.1) is 5.82 Å². The van der Waals surface area contributed by atoms with E-state index in [1.54, 1.807) is 36.4 Å². The van der Waals surface area contributed by atoms with E-state index in [0.717, 1.165) is 7.11 Å². The number of methoxy groups -OCH3 is 1. The second-order valence-electron chi connectivity index (χ2n) is 6.64. The third-order valence-electron chi connectivity index (χ3n) is 4.49. The average Bonchev–Trinajstić information content (AvgIpc) is 2.76. The third kappa shape index (κ3) is 5.18. The Balaban J connectivity index is 2.19. The summed E-state index contributed by atoms with van der Waals surface area (Å²) in [4.78, 5) is 23.9. The molecule has 0 unspecified atom stereocenters. The molecule has 168 valence electrons. The number of alkyl halides is 3. The molecule has 3 rings (SSSR count). The molecule has 3 aromatic rings. The Morgan fingerprint density at radius 3 is 2.38 bits per heavy atom. The lowest BCUT2D eigenvalue weighted by Crippen LogP contribution is -2.45. The summed E-state index contributed by atoms with van der Waals surface area (Å²) >= 11 is 3.19. The summed E-state index contributed by atoms with van der Waals surface area (Å²) in [5.74, 6) is -5.07. The predicted molar refractivity (Wildman–Crippen MR) is 113 cm³/mol. The number of hydrogen-bond acceptors (Lipinski definition) is 4. The minimum absolute atomic E-state index is 0.0121. The van der Waals surface area contributed by atoms with E-state index >= 15 is 4.39 Å². The topological polar surface area (TPSA) is 55.8 Å². The first kappa shape index (κ1) is 23.5. The van der Waals surface area contributed by atoms with Crippen molar-refractivity contribution in [3.63, 3.8) is 0 Å². The lowest BCUT2D eigenvalue weighted by Gasteiger charge is -2.26. The van der Waals surface area contributed by atoms with Gasteiger partial charge in [-0.1, -0.05) is 52.3 Å². The highest BCUT2D eigenvalue weighted by Crippen LogP contribution is 2.40. The van der Waals surface area contributed by atoms with Gasteiger partial charge in [-0.3, -0.25) is 14.5 Å². The quantitative estimate of drug-likeness (QED) is 0.327. The van der Waals surface area contributed by atoms with E-state index in [9.17, 15) is 22.8 Å². The van der Waals surface area contributed by atoms with Gasteiger partial charge in [0.2, 0.25) is 0 Å². The highest BCUT2D eigenvalue weighted by atomic mass is 79.9. The molecule has 0 spiro atoms. The molecule has 32 heavy (non-hydrogen) atoms. The molecular weight excluding hydrogens is 498 g/mol.